The highest BCUT2D eigenvalue weighted by molar-refractivity contribution is 7.47. The van der Waals surface area contributed by atoms with Crippen LogP contribution >= 0.6 is 7.82 Å². The Morgan fingerprint density at radius 1 is 0.525 bits per heavy atom. The fourth-order valence-electron chi connectivity index (χ4n) is 7.18. The van der Waals surface area contributed by atoms with E-state index in [1.165, 1.54) is 77.0 Å². The average molecular weight is 889 g/mol. The normalized spacial score (nSPS) is 22.3. The summed E-state index contributed by atoms with van der Waals surface area (Å²) in [6, 6.07) is 0. The van der Waals surface area contributed by atoms with Crippen LogP contribution in [0.15, 0.2) is 36.5 Å². The van der Waals surface area contributed by atoms with Crippen molar-refractivity contribution in [2.75, 3.05) is 13.2 Å². The van der Waals surface area contributed by atoms with Crippen molar-refractivity contribution >= 4 is 19.8 Å². The first-order chi connectivity index (χ1) is 29.4. The highest BCUT2D eigenvalue weighted by Gasteiger charge is 2.51. The highest BCUT2D eigenvalue weighted by Crippen LogP contribution is 2.47. The Bertz CT molecular complexity index is 1210. The Labute approximate surface area is 368 Å². The molecule has 14 heteroatoms. The predicted molar refractivity (Wildman–Crippen MR) is 240 cm³/mol. The molecule has 1 rings (SSSR count). The summed E-state index contributed by atoms with van der Waals surface area (Å²) in [7, 11) is -5.12. The Kier molecular flexibility index (Phi) is 35.0. The zero-order chi connectivity index (χ0) is 45.0. The molecular formula is C47H85O13P. The van der Waals surface area contributed by atoms with Gasteiger partial charge in [0.05, 0.1) is 6.61 Å². The van der Waals surface area contributed by atoms with Crippen LogP contribution < -0.4 is 0 Å². The van der Waals surface area contributed by atoms with Gasteiger partial charge >= 0.3 is 19.8 Å². The van der Waals surface area contributed by atoms with E-state index in [0.29, 0.717) is 12.8 Å². The third kappa shape index (κ3) is 30.0. The molecule has 0 amide bonds. The smallest absolute Gasteiger partial charge is 0.462 e. The number of rotatable bonds is 39. The van der Waals surface area contributed by atoms with Crippen LogP contribution in [0.2, 0.25) is 0 Å². The number of phosphoric ester groups is 1. The van der Waals surface area contributed by atoms with Gasteiger partial charge in [-0.15, -0.1) is 0 Å². The Morgan fingerprint density at radius 2 is 0.934 bits per heavy atom. The molecule has 6 N–H and O–H groups in total. The molecule has 0 heterocycles. The van der Waals surface area contributed by atoms with Crippen LogP contribution in [-0.4, -0.2) is 98.3 Å². The van der Waals surface area contributed by atoms with Crippen molar-refractivity contribution in [1.82, 2.24) is 0 Å². The summed E-state index contributed by atoms with van der Waals surface area (Å²) in [6.07, 6.45) is 29.1. The van der Waals surface area contributed by atoms with Gasteiger partial charge in [0.25, 0.3) is 0 Å². The van der Waals surface area contributed by atoms with Crippen molar-refractivity contribution in [3.63, 3.8) is 0 Å². The number of ether oxygens (including phenoxy) is 2. The molecule has 0 saturated heterocycles. The van der Waals surface area contributed by atoms with E-state index in [2.05, 4.69) is 50.3 Å². The second kappa shape index (κ2) is 37.4. The number of esters is 2. The summed E-state index contributed by atoms with van der Waals surface area (Å²) in [5.41, 5.74) is 0. The number of aliphatic hydroxyl groups is 5. The number of hydrogen-bond donors (Lipinski definition) is 6. The maximum Gasteiger partial charge on any atom is 0.472 e. The van der Waals surface area contributed by atoms with E-state index in [1.807, 2.05) is 0 Å². The lowest BCUT2D eigenvalue weighted by Gasteiger charge is -2.41. The van der Waals surface area contributed by atoms with Gasteiger partial charge in [0.15, 0.2) is 6.10 Å². The average Bonchev–Trinajstić information content (AvgIpc) is 3.24. The minimum absolute atomic E-state index is 0.0959. The second-order valence-corrected chi connectivity index (χ2v) is 18.0. The number of carbonyl (C=O) groups excluding carboxylic acids is 2. The van der Waals surface area contributed by atoms with Crippen LogP contribution in [0, 0.1) is 0 Å². The molecule has 1 fully saturated rings. The number of allylic oxidation sites excluding steroid dienone is 6. The van der Waals surface area contributed by atoms with Crippen LogP contribution in [-0.2, 0) is 32.7 Å². The van der Waals surface area contributed by atoms with Gasteiger partial charge < -0.3 is 39.9 Å². The van der Waals surface area contributed by atoms with Crippen LogP contribution in [0.3, 0.4) is 0 Å². The summed E-state index contributed by atoms with van der Waals surface area (Å²) in [5.74, 6) is -1.11. The standard InChI is InChI=1S/C47H85O13P/c1-3-5-7-9-11-13-15-17-19-20-22-24-26-28-30-32-34-36-41(49)59-39(38-58-61(55,56)60-47-45(53)43(51)42(50)44(52)46(47)54)37-57-40(48)35-33-31-29-27-25-23-21-18-16-14-12-10-8-6-4-2/h6,8,12,14,18,21,39,42-47,50-54H,3-5,7,9-11,13,15-17,19-20,22-38H2,1-2H3,(H,55,56)/b8-6+,14-12+,21-18+/t39-,42?,43+,44?,45?,46?,47?/m1/s1. The maximum atomic E-state index is 12.8. The van der Waals surface area contributed by atoms with Gasteiger partial charge in [-0.2, -0.15) is 0 Å². The minimum Gasteiger partial charge on any atom is -0.462 e. The Balaban J connectivity index is 2.44. The third-order valence-electron chi connectivity index (χ3n) is 11.0. The van der Waals surface area contributed by atoms with Crippen molar-refractivity contribution in [3.8, 4) is 0 Å². The lowest BCUT2D eigenvalue weighted by atomic mass is 9.85. The number of carbonyl (C=O) groups is 2. The largest absolute Gasteiger partial charge is 0.472 e. The van der Waals surface area contributed by atoms with Crippen molar-refractivity contribution in [2.24, 2.45) is 0 Å². The lowest BCUT2D eigenvalue weighted by molar-refractivity contribution is -0.220. The van der Waals surface area contributed by atoms with Gasteiger partial charge in [0, 0.05) is 12.8 Å². The lowest BCUT2D eigenvalue weighted by Crippen LogP contribution is -2.64. The molecule has 1 aliphatic rings. The summed E-state index contributed by atoms with van der Waals surface area (Å²) < 4.78 is 33.5. The molecule has 0 spiro atoms. The number of hydrogen-bond acceptors (Lipinski definition) is 12. The monoisotopic (exact) mass is 889 g/mol. The second-order valence-electron chi connectivity index (χ2n) is 16.6. The summed E-state index contributed by atoms with van der Waals surface area (Å²) in [5, 5.41) is 50.2. The quantitative estimate of drug-likeness (QED) is 0.0147. The molecule has 8 atom stereocenters. The van der Waals surface area contributed by atoms with Gasteiger partial charge in [-0.3, -0.25) is 18.6 Å². The molecular weight excluding hydrogens is 803 g/mol. The molecule has 0 aromatic rings. The van der Waals surface area contributed by atoms with E-state index in [1.54, 1.807) is 0 Å². The fourth-order valence-corrected chi connectivity index (χ4v) is 8.16. The van der Waals surface area contributed by atoms with Crippen molar-refractivity contribution < 1.29 is 63.1 Å². The zero-order valence-electron chi connectivity index (χ0n) is 37.7. The maximum absolute atomic E-state index is 12.8. The highest BCUT2D eigenvalue weighted by atomic mass is 31.2. The molecule has 13 nitrogen and oxygen atoms in total. The Hall–Kier alpha value is -1.93. The molecule has 0 aromatic carbocycles. The van der Waals surface area contributed by atoms with Crippen LogP contribution in [0.5, 0.6) is 0 Å². The van der Waals surface area contributed by atoms with Gasteiger partial charge in [-0.05, 0) is 44.9 Å². The SMILES string of the molecule is CC/C=C/C/C=C/C/C=C/CCCCCCCC(=O)OC[C@H](COP(=O)(O)OC1C(O)C(O)C(O)[C@H](O)C1O)OC(=O)CCCCCCCCCCCCCCCCCCC. The van der Waals surface area contributed by atoms with E-state index in [4.69, 9.17) is 18.5 Å². The van der Waals surface area contributed by atoms with Crippen molar-refractivity contribution in [2.45, 2.75) is 236 Å². The van der Waals surface area contributed by atoms with Crippen LogP contribution in [0.1, 0.15) is 194 Å². The van der Waals surface area contributed by atoms with Gasteiger partial charge in [-0.1, -0.05) is 172 Å². The van der Waals surface area contributed by atoms with Crippen LogP contribution in [0.4, 0.5) is 0 Å². The molecule has 0 aromatic heterocycles. The van der Waals surface area contributed by atoms with E-state index >= 15 is 0 Å². The molecule has 0 radical (unpaired) electrons. The summed E-state index contributed by atoms with van der Waals surface area (Å²) in [4.78, 5) is 35.7. The van der Waals surface area contributed by atoms with E-state index in [-0.39, 0.29) is 12.8 Å². The van der Waals surface area contributed by atoms with Crippen LogP contribution in [0.25, 0.3) is 0 Å². The van der Waals surface area contributed by atoms with Crippen molar-refractivity contribution in [3.05, 3.63) is 36.5 Å². The molecule has 356 valence electrons. The van der Waals surface area contributed by atoms with E-state index in [9.17, 15) is 44.6 Å². The molecule has 61 heavy (non-hydrogen) atoms. The molecule has 6 unspecified atom stereocenters. The predicted octanol–water partition coefficient (Wildman–Crippen LogP) is 9.39. The third-order valence-corrected chi connectivity index (χ3v) is 12.0. The molecule has 1 saturated carbocycles. The number of phosphoric acid groups is 1. The van der Waals surface area contributed by atoms with Gasteiger partial charge in [0.1, 0.15) is 43.2 Å². The first-order valence-corrected chi connectivity index (χ1v) is 25.3. The fraction of sp³-hybridized carbons (Fsp3) is 0.830. The van der Waals surface area contributed by atoms with Crippen molar-refractivity contribution in [1.29, 1.82) is 0 Å². The zero-order valence-corrected chi connectivity index (χ0v) is 38.6. The Morgan fingerprint density at radius 3 is 1.43 bits per heavy atom. The first-order valence-electron chi connectivity index (χ1n) is 23.8. The van der Waals surface area contributed by atoms with E-state index in [0.717, 1.165) is 77.0 Å². The topological polar surface area (TPSA) is 210 Å². The molecule has 1 aliphatic carbocycles. The minimum atomic E-state index is -5.12. The summed E-state index contributed by atoms with van der Waals surface area (Å²) >= 11 is 0. The van der Waals surface area contributed by atoms with Gasteiger partial charge in [0.2, 0.25) is 0 Å². The van der Waals surface area contributed by atoms with E-state index < -0.39 is 75.7 Å². The first kappa shape index (κ1) is 57.1. The number of aliphatic hydroxyl groups excluding tert-OH is 5. The molecule has 0 bridgehead atoms. The van der Waals surface area contributed by atoms with Gasteiger partial charge in [-0.25, -0.2) is 4.57 Å². The molecule has 0 aliphatic heterocycles. The summed E-state index contributed by atoms with van der Waals surface area (Å²) in [6.45, 7) is 3.19. The number of unbranched alkanes of at least 4 members (excludes halogenated alkanes) is 21.